The third-order valence-corrected chi connectivity index (χ3v) is 6.79. The molecule has 3 aromatic heterocycles. The van der Waals surface area contributed by atoms with E-state index in [9.17, 15) is 0 Å². The minimum atomic E-state index is 0.477. The fourth-order valence-corrected chi connectivity index (χ4v) is 4.69. The molecule has 31 heavy (non-hydrogen) atoms. The largest absolute Gasteiger partial charge is 0.437 e. The number of aryl methyl sites for hydroxylation is 2. The molecule has 1 aromatic carbocycles. The van der Waals surface area contributed by atoms with Gasteiger partial charge in [-0.3, -0.25) is 0 Å². The first kappa shape index (κ1) is 21.5. The fraction of sp³-hybridized carbons (Fsp3) is 0.429. The highest BCUT2D eigenvalue weighted by molar-refractivity contribution is 6.08. The first-order valence-electron chi connectivity index (χ1n) is 11.8. The molecule has 2 atom stereocenters. The summed E-state index contributed by atoms with van der Waals surface area (Å²) in [6, 6.07) is 13.8. The van der Waals surface area contributed by atoms with Crippen molar-refractivity contribution in [2.45, 2.75) is 79.2 Å². The molecule has 162 valence electrons. The molecule has 0 aliphatic carbocycles. The molecule has 3 heterocycles. The third-order valence-electron chi connectivity index (χ3n) is 6.79. The highest BCUT2D eigenvalue weighted by atomic mass is 16.3. The highest BCUT2D eigenvalue weighted by Crippen LogP contribution is 2.37. The lowest BCUT2D eigenvalue weighted by Crippen LogP contribution is -2.41. The van der Waals surface area contributed by atoms with E-state index in [1.807, 2.05) is 6.92 Å². The van der Waals surface area contributed by atoms with E-state index >= 15 is 0 Å². The van der Waals surface area contributed by atoms with Gasteiger partial charge in [-0.05, 0) is 55.9 Å². The van der Waals surface area contributed by atoms with E-state index in [2.05, 4.69) is 86.8 Å². The van der Waals surface area contributed by atoms with E-state index in [1.54, 1.807) is 0 Å². The second kappa shape index (κ2) is 8.82. The van der Waals surface area contributed by atoms with Crippen LogP contribution in [0.1, 0.15) is 82.2 Å². The number of benzene rings is 1. The highest BCUT2D eigenvalue weighted by Gasteiger charge is 2.27. The second-order valence-corrected chi connectivity index (χ2v) is 8.95. The lowest BCUT2D eigenvalue weighted by atomic mass is 9.94. The molecular weight excluding hydrogens is 380 g/mol. The summed E-state index contributed by atoms with van der Waals surface area (Å²) >= 11 is 0. The maximum atomic E-state index is 6.43. The molecule has 0 amide bonds. The van der Waals surface area contributed by atoms with Crippen LogP contribution in [-0.4, -0.2) is 4.98 Å². The zero-order valence-corrected chi connectivity index (χ0v) is 19.8. The summed E-state index contributed by atoms with van der Waals surface area (Å²) in [5.74, 6) is 0.527. The Morgan fingerprint density at radius 2 is 1.74 bits per heavy atom. The Kier molecular flexibility index (Phi) is 6.13. The zero-order valence-electron chi connectivity index (χ0n) is 19.8. The Balaban J connectivity index is 2.05. The lowest BCUT2D eigenvalue weighted by molar-refractivity contribution is -0.713. The van der Waals surface area contributed by atoms with Gasteiger partial charge in [-0.1, -0.05) is 39.8 Å². The molecule has 4 aromatic rings. The topological polar surface area (TPSA) is 29.9 Å². The number of fused-ring (bicyclic) bond motifs is 3. The van der Waals surface area contributed by atoms with Crippen LogP contribution in [0.3, 0.4) is 0 Å². The van der Waals surface area contributed by atoms with Crippen molar-refractivity contribution in [3.63, 3.8) is 0 Å². The fourth-order valence-electron chi connectivity index (χ4n) is 4.69. The summed E-state index contributed by atoms with van der Waals surface area (Å²) in [6.45, 7) is 13.3. The normalized spacial score (nSPS) is 13.7. The van der Waals surface area contributed by atoms with Gasteiger partial charge in [0.25, 0.3) is 0 Å². The van der Waals surface area contributed by atoms with Crippen molar-refractivity contribution in [1.29, 1.82) is 0 Å². The van der Waals surface area contributed by atoms with Crippen LogP contribution in [-0.2, 0) is 0 Å². The molecule has 0 N–H and O–H groups in total. The van der Waals surface area contributed by atoms with Gasteiger partial charge in [0.15, 0.2) is 17.8 Å². The van der Waals surface area contributed by atoms with Crippen molar-refractivity contribution in [3.05, 3.63) is 59.4 Å². The van der Waals surface area contributed by atoms with Gasteiger partial charge >= 0.3 is 0 Å². The number of furan rings is 1. The van der Waals surface area contributed by atoms with Gasteiger partial charge in [0.2, 0.25) is 11.4 Å². The van der Waals surface area contributed by atoms with Gasteiger partial charge in [0.1, 0.15) is 0 Å². The molecule has 0 aliphatic rings. The number of rotatable bonds is 7. The summed E-state index contributed by atoms with van der Waals surface area (Å²) in [5.41, 5.74) is 7.75. The summed E-state index contributed by atoms with van der Waals surface area (Å²) in [6.07, 6.45) is 6.91. The molecule has 3 heteroatoms. The Hall–Kier alpha value is -2.68. The number of aromatic nitrogens is 2. The minimum Gasteiger partial charge on any atom is -0.437 e. The molecule has 0 aliphatic heterocycles. The van der Waals surface area contributed by atoms with E-state index in [0.29, 0.717) is 12.0 Å². The van der Waals surface area contributed by atoms with Gasteiger partial charge in [0, 0.05) is 41.4 Å². The maximum absolute atomic E-state index is 6.43. The summed E-state index contributed by atoms with van der Waals surface area (Å²) in [7, 11) is 0. The summed E-state index contributed by atoms with van der Waals surface area (Å²) in [4.78, 5) is 4.67. The smallest absolute Gasteiger partial charge is 0.227 e. The molecule has 4 rings (SSSR count). The predicted molar refractivity (Wildman–Crippen MR) is 130 cm³/mol. The van der Waals surface area contributed by atoms with E-state index in [1.165, 1.54) is 35.2 Å². The van der Waals surface area contributed by atoms with Crippen molar-refractivity contribution in [2.75, 3.05) is 0 Å². The van der Waals surface area contributed by atoms with E-state index < -0.39 is 0 Å². The van der Waals surface area contributed by atoms with Crippen molar-refractivity contribution in [3.8, 4) is 11.3 Å². The summed E-state index contributed by atoms with van der Waals surface area (Å²) < 4.78 is 8.92. The van der Waals surface area contributed by atoms with Crippen LogP contribution in [0.25, 0.3) is 33.3 Å². The van der Waals surface area contributed by atoms with Gasteiger partial charge in [-0.2, -0.15) is 4.57 Å². The lowest BCUT2D eigenvalue weighted by Gasteiger charge is -2.17. The monoisotopic (exact) mass is 415 g/mol. The van der Waals surface area contributed by atoms with E-state index in [4.69, 9.17) is 4.42 Å². The number of pyridine rings is 2. The Morgan fingerprint density at radius 3 is 2.45 bits per heavy atom. The standard InChI is InChI=1S/C28H35N2O/c1-7-10-22(9-3)30-16-15-21(18(4)8-2)17-25(30)26-19(5)11-13-23-24-14-12-20(6)29-28(24)31-27(23)26/h11-18,22H,7-10H2,1-6H3/q+1. The average Bonchev–Trinajstić information content (AvgIpc) is 3.13. The maximum Gasteiger partial charge on any atom is 0.227 e. The molecule has 3 nitrogen and oxygen atoms in total. The van der Waals surface area contributed by atoms with Crippen LogP contribution in [0.5, 0.6) is 0 Å². The van der Waals surface area contributed by atoms with Crippen LogP contribution in [0.2, 0.25) is 0 Å². The molecule has 2 unspecified atom stereocenters. The van der Waals surface area contributed by atoms with Crippen LogP contribution < -0.4 is 4.57 Å². The SMILES string of the molecule is CCCC(CC)[n+]1ccc(C(C)CC)cc1-c1c(C)ccc2c1oc1nc(C)ccc12. The van der Waals surface area contributed by atoms with Crippen LogP contribution in [0.15, 0.2) is 47.0 Å². The van der Waals surface area contributed by atoms with Crippen molar-refractivity contribution >= 4 is 22.1 Å². The van der Waals surface area contributed by atoms with Gasteiger partial charge < -0.3 is 4.42 Å². The molecule has 0 saturated heterocycles. The molecular formula is C28H35N2O+. The first-order valence-corrected chi connectivity index (χ1v) is 11.8. The molecule has 0 spiro atoms. The quantitative estimate of drug-likeness (QED) is 0.288. The Labute approximate surface area is 186 Å². The van der Waals surface area contributed by atoms with Crippen LogP contribution in [0, 0.1) is 13.8 Å². The first-order chi connectivity index (χ1) is 15.0. The number of hydrogen-bond acceptors (Lipinski definition) is 2. The molecule has 0 bridgehead atoms. The van der Waals surface area contributed by atoms with E-state index in [0.717, 1.165) is 40.6 Å². The number of nitrogens with zero attached hydrogens (tertiary/aromatic N) is 2. The molecule has 0 fully saturated rings. The van der Waals surface area contributed by atoms with Gasteiger partial charge in [0.05, 0.1) is 5.56 Å². The Bertz CT molecular complexity index is 1220. The number of hydrogen-bond donors (Lipinski definition) is 0. The van der Waals surface area contributed by atoms with Crippen molar-refractivity contribution < 1.29 is 8.98 Å². The predicted octanol–water partition coefficient (Wildman–Crippen LogP) is 7.82. The van der Waals surface area contributed by atoms with Crippen molar-refractivity contribution in [1.82, 2.24) is 4.98 Å². The molecule has 0 radical (unpaired) electrons. The van der Waals surface area contributed by atoms with Crippen LogP contribution in [0.4, 0.5) is 0 Å². The summed E-state index contributed by atoms with van der Waals surface area (Å²) in [5, 5.41) is 2.24. The minimum absolute atomic E-state index is 0.477. The van der Waals surface area contributed by atoms with E-state index in [-0.39, 0.29) is 0 Å². The Morgan fingerprint density at radius 1 is 0.968 bits per heavy atom. The van der Waals surface area contributed by atoms with Crippen molar-refractivity contribution in [2.24, 2.45) is 0 Å². The third kappa shape index (κ3) is 3.86. The average molecular weight is 416 g/mol. The molecule has 0 saturated carbocycles. The second-order valence-electron chi connectivity index (χ2n) is 8.95. The van der Waals surface area contributed by atoms with Crippen LogP contribution >= 0.6 is 0 Å². The van der Waals surface area contributed by atoms with Gasteiger partial charge in [-0.15, -0.1) is 0 Å². The van der Waals surface area contributed by atoms with Gasteiger partial charge in [-0.25, -0.2) is 4.98 Å². The zero-order chi connectivity index (χ0) is 22.1.